The second kappa shape index (κ2) is 12.5. The third kappa shape index (κ3) is 7.51. The van der Waals surface area contributed by atoms with Gasteiger partial charge in [0.25, 0.3) is 0 Å². The fraction of sp³-hybridized carbons (Fsp3) is 0.192. The number of nitrogens with zero attached hydrogens (tertiary/aromatic N) is 2. The van der Waals surface area contributed by atoms with Crippen LogP contribution in [-0.4, -0.2) is 33.2 Å². The average Bonchev–Trinajstić information content (AvgIpc) is 3.20. The number of hydrogen-bond donors (Lipinski definition) is 0. The molecule has 0 N–H and O–H groups in total. The highest BCUT2D eigenvalue weighted by Gasteiger charge is 2.12. The molecule has 1 aromatic heterocycles. The molecule has 0 bridgehead atoms. The maximum absolute atomic E-state index is 13.1. The number of para-hydroxylation sites is 1. The molecular weight excluding hydrogens is 471 g/mol. The van der Waals surface area contributed by atoms with Gasteiger partial charge in [0.1, 0.15) is 11.6 Å². The zero-order valence-corrected chi connectivity index (χ0v) is 20.2. The maximum atomic E-state index is 13.1. The largest absolute Gasteiger partial charge is 0.497 e. The molecule has 0 saturated heterocycles. The molecule has 0 aliphatic carbocycles. The van der Waals surface area contributed by atoms with Gasteiger partial charge in [0.2, 0.25) is 0 Å². The summed E-state index contributed by atoms with van der Waals surface area (Å²) in [6, 6.07) is 20.9. The minimum absolute atomic E-state index is 0.215. The third-order valence-electron chi connectivity index (χ3n) is 5.20. The van der Waals surface area contributed by atoms with Gasteiger partial charge in [-0.15, -0.1) is 4.36 Å². The van der Waals surface area contributed by atoms with Gasteiger partial charge >= 0.3 is 16.5 Å². The summed E-state index contributed by atoms with van der Waals surface area (Å²) >= 11 is 0. The molecule has 4 aromatic rings. The van der Waals surface area contributed by atoms with Crippen LogP contribution in [0.4, 0.5) is 10.1 Å². The lowest BCUT2D eigenvalue weighted by molar-refractivity contribution is -0.140. The monoisotopic (exact) mass is 496 g/mol. The molecule has 0 fully saturated rings. The van der Waals surface area contributed by atoms with Crippen LogP contribution >= 0.6 is 0 Å². The highest BCUT2D eigenvalue weighted by Crippen LogP contribution is 2.28. The lowest BCUT2D eigenvalue weighted by Gasteiger charge is -2.04. The Hall–Kier alpha value is -3.98. The first kappa shape index (κ1) is 25.6. The second-order valence-corrected chi connectivity index (χ2v) is 8.12. The van der Waals surface area contributed by atoms with Crippen LogP contribution in [0.2, 0.25) is 0 Å². The molecule has 0 aliphatic rings. The number of halogens is 1. The molecule has 0 unspecified atom stereocenters. The van der Waals surface area contributed by atoms with Crippen LogP contribution < -0.4 is 4.74 Å². The number of aromatic nitrogens is 1. The van der Waals surface area contributed by atoms with Gasteiger partial charge in [0.05, 0.1) is 26.3 Å². The lowest BCUT2D eigenvalue weighted by Crippen LogP contribution is -2.06. The maximum Gasteiger partial charge on any atom is 0.316 e. The molecule has 0 aliphatic heterocycles. The summed E-state index contributed by atoms with van der Waals surface area (Å²) in [6.07, 6.45) is 2.66. The SMILES string of the molecule is COC(=O)CCn1cc(Cc2ccc(F)cc2)c2cc(N=S(=O)=O)ccc21.COc1ccccc1. The van der Waals surface area contributed by atoms with Gasteiger partial charge in [-0.2, -0.15) is 8.42 Å². The van der Waals surface area contributed by atoms with Crippen molar-refractivity contribution < 1.29 is 27.1 Å². The predicted molar refractivity (Wildman–Crippen MR) is 132 cm³/mol. The number of ether oxygens (including phenoxy) is 2. The fourth-order valence-corrected chi connectivity index (χ4v) is 3.81. The van der Waals surface area contributed by atoms with E-state index in [0.29, 0.717) is 18.7 Å². The van der Waals surface area contributed by atoms with Crippen LogP contribution in [-0.2, 0) is 33.0 Å². The van der Waals surface area contributed by atoms with Gasteiger partial charge in [0.15, 0.2) is 0 Å². The number of esters is 1. The normalized spacial score (nSPS) is 10.3. The molecule has 0 atom stereocenters. The number of methoxy groups -OCH3 is 2. The topological polar surface area (TPSA) is 87.0 Å². The van der Waals surface area contributed by atoms with Crippen molar-refractivity contribution in [3.8, 4) is 5.75 Å². The number of aryl methyl sites for hydroxylation is 1. The minimum Gasteiger partial charge on any atom is -0.497 e. The Kier molecular flexibility index (Phi) is 9.14. The number of fused-ring (bicyclic) bond motifs is 1. The molecule has 3 aromatic carbocycles. The van der Waals surface area contributed by atoms with E-state index in [1.165, 1.54) is 19.2 Å². The van der Waals surface area contributed by atoms with E-state index in [2.05, 4.69) is 9.10 Å². The first-order chi connectivity index (χ1) is 16.9. The van der Waals surface area contributed by atoms with Crippen LogP contribution in [0.3, 0.4) is 0 Å². The fourth-order valence-electron chi connectivity index (χ4n) is 3.52. The second-order valence-electron chi connectivity index (χ2n) is 7.50. The summed E-state index contributed by atoms with van der Waals surface area (Å²) in [5, 5.41) is 0.830. The van der Waals surface area contributed by atoms with Crippen molar-refractivity contribution in [2.24, 2.45) is 4.36 Å². The first-order valence-corrected chi connectivity index (χ1v) is 11.8. The summed E-state index contributed by atoms with van der Waals surface area (Å²) in [4.78, 5) is 11.5. The Balaban J connectivity index is 0.000000363. The van der Waals surface area contributed by atoms with Crippen LogP contribution in [0.5, 0.6) is 5.75 Å². The van der Waals surface area contributed by atoms with Crippen molar-refractivity contribution in [1.29, 1.82) is 0 Å². The Morgan fingerprint density at radius 1 is 1.00 bits per heavy atom. The van der Waals surface area contributed by atoms with Crippen molar-refractivity contribution in [1.82, 2.24) is 4.57 Å². The molecule has 182 valence electrons. The van der Waals surface area contributed by atoms with Crippen molar-refractivity contribution in [3.05, 3.63) is 95.9 Å². The summed E-state index contributed by atoms with van der Waals surface area (Å²) < 4.78 is 50.0. The van der Waals surface area contributed by atoms with Crippen LogP contribution in [0.15, 0.2) is 83.4 Å². The summed E-state index contributed by atoms with van der Waals surface area (Å²) in [5.41, 5.74) is 3.02. The van der Waals surface area contributed by atoms with Gasteiger partial charge in [-0.1, -0.05) is 30.3 Å². The van der Waals surface area contributed by atoms with Crippen molar-refractivity contribution in [2.45, 2.75) is 19.4 Å². The first-order valence-electron chi connectivity index (χ1n) is 10.7. The van der Waals surface area contributed by atoms with Gasteiger partial charge in [-0.3, -0.25) is 4.79 Å². The highest BCUT2D eigenvalue weighted by atomic mass is 32.2. The predicted octanol–water partition coefficient (Wildman–Crippen LogP) is 5.32. The van der Waals surface area contributed by atoms with Crippen molar-refractivity contribution in [2.75, 3.05) is 14.2 Å². The molecule has 0 saturated carbocycles. The number of hydrogen-bond acceptors (Lipinski definition) is 6. The van der Waals surface area contributed by atoms with E-state index in [0.717, 1.165) is 27.8 Å². The third-order valence-corrected chi connectivity index (χ3v) is 5.56. The average molecular weight is 497 g/mol. The Morgan fingerprint density at radius 2 is 1.71 bits per heavy atom. The van der Waals surface area contributed by atoms with Crippen LogP contribution in [0, 0.1) is 5.82 Å². The van der Waals surface area contributed by atoms with Gasteiger partial charge in [0, 0.05) is 23.6 Å². The quantitative estimate of drug-likeness (QED) is 0.323. The van der Waals surface area contributed by atoms with Gasteiger partial charge < -0.3 is 14.0 Å². The molecular formula is C26H25FN2O5S. The molecule has 7 nitrogen and oxygen atoms in total. The standard InChI is InChI=1S/C19H17FN2O4S.C7H8O/c1-26-19(23)8-9-22-12-14(10-13-2-4-15(20)5-3-13)17-11-16(21-27(24)25)6-7-18(17)22;1-8-7-5-3-2-4-6-7/h2-7,11-12H,8-10H2,1H3;2-6H,1H3. The van der Waals surface area contributed by atoms with E-state index >= 15 is 0 Å². The zero-order valence-electron chi connectivity index (χ0n) is 19.3. The lowest BCUT2D eigenvalue weighted by atomic mass is 10.0. The molecule has 0 radical (unpaired) electrons. The number of carbonyl (C=O) groups excluding carboxylic acids is 1. The molecule has 9 heteroatoms. The molecule has 35 heavy (non-hydrogen) atoms. The molecule has 0 spiro atoms. The van der Waals surface area contributed by atoms with E-state index in [9.17, 15) is 17.6 Å². The summed E-state index contributed by atoms with van der Waals surface area (Å²) in [7, 11) is 0.457. The van der Waals surface area contributed by atoms with Crippen molar-refractivity contribution >= 4 is 33.1 Å². The number of carbonyl (C=O) groups is 1. The van der Waals surface area contributed by atoms with Gasteiger partial charge in [-0.05, 0) is 60.0 Å². The molecule has 4 rings (SSSR count). The molecule has 0 amide bonds. The Bertz CT molecular complexity index is 1410. The van der Waals surface area contributed by atoms with E-state index in [-0.39, 0.29) is 18.2 Å². The van der Waals surface area contributed by atoms with E-state index in [4.69, 9.17) is 4.74 Å². The van der Waals surface area contributed by atoms with Crippen molar-refractivity contribution in [3.63, 3.8) is 0 Å². The zero-order chi connectivity index (χ0) is 25.2. The smallest absolute Gasteiger partial charge is 0.316 e. The van der Waals surface area contributed by atoms with Crippen LogP contribution in [0.25, 0.3) is 10.9 Å². The minimum atomic E-state index is -2.55. The Morgan fingerprint density at radius 3 is 2.31 bits per heavy atom. The summed E-state index contributed by atoms with van der Waals surface area (Å²) in [6.45, 7) is 0.427. The van der Waals surface area contributed by atoms with E-state index < -0.39 is 10.5 Å². The van der Waals surface area contributed by atoms with E-state index in [1.54, 1.807) is 37.4 Å². The number of benzene rings is 3. The highest BCUT2D eigenvalue weighted by molar-refractivity contribution is 7.61. The summed E-state index contributed by atoms with van der Waals surface area (Å²) in [5.74, 6) is 0.288. The van der Waals surface area contributed by atoms with Crippen LogP contribution in [0.1, 0.15) is 17.5 Å². The Labute approximate surface area is 204 Å². The number of rotatable bonds is 7. The van der Waals surface area contributed by atoms with E-state index in [1.807, 2.05) is 41.1 Å². The molecule has 1 heterocycles. The van der Waals surface area contributed by atoms with Gasteiger partial charge in [-0.25, -0.2) is 4.39 Å².